The summed E-state index contributed by atoms with van der Waals surface area (Å²) in [5, 5.41) is 15.2. The average Bonchev–Trinajstić information content (AvgIpc) is 3.66. The third-order valence-corrected chi connectivity index (χ3v) is 14.1. The van der Waals surface area contributed by atoms with Crippen LogP contribution in [0.25, 0.3) is 0 Å². The van der Waals surface area contributed by atoms with Crippen molar-refractivity contribution in [3.8, 4) is 6.07 Å². The van der Waals surface area contributed by atoms with Crippen molar-refractivity contribution in [3.05, 3.63) is 58.6 Å². The minimum absolute atomic E-state index is 0.0381. The Morgan fingerprint density at radius 1 is 0.914 bits per heavy atom. The van der Waals surface area contributed by atoms with Gasteiger partial charge in [0.2, 0.25) is 11.8 Å². The quantitative estimate of drug-likeness (QED) is 0.0260. The Morgan fingerprint density at radius 2 is 1.60 bits per heavy atom. The van der Waals surface area contributed by atoms with Gasteiger partial charge in [0.15, 0.2) is 18.3 Å². The predicted octanol–water partition coefficient (Wildman–Crippen LogP) is 7.18. The second-order valence-corrected chi connectivity index (χ2v) is 19.9. The molecular weight excluding hydrogens is 920 g/mol. The van der Waals surface area contributed by atoms with Crippen LogP contribution in [-0.4, -0.2) is 139 Å². The van der Waals surface area contributed by atoms with Crippen LogP contribution in [0.1, 0.15) is 136 Å². The maximum absolute atomic E-state index is 13.5. The topological polar surface area (TPSA) is 217 Å². The molecule has 2 aliphatic rings. The molecule has 19 nitrogen and oxygen atoms in total. The number of hydrogen-bond donors (Lipinski definition) is 2. The number of nitrogens with one attached hydrogen (secondary N) is 2. The first-order valence-electron chi connectivity index (χ1n) is 25.0. The fraction of sp³-hybridized carbons (Fsp3) is 0.700. The Morgan fingerprint density at radius 3 is 2.24 bits per heavy atom. The number of amides is 2. The van der Waals surface area contributed by atoms with Crippen LogP contribution in [0.5, 0.6) is 0 Å². The molecule has 0 saturated carbocycles. The summed E-state index contributed by atoms with van der Waals surface area (Å²) in [6, 6.07) is 11.9. The lowest BCUT2D eigenvalue weighted by molar-refractivity contribution is -0.249. The molecule has 1 aromatic heterocycles. The van der Waals surface area contributed by atoms with E-state index in [4.69, 9.17) is 32.7 Å². The van der Waals surface area contributed by atoms with Crippen molar-refractivity contribution in [2.75, 3.05) is 40.5 Å². The van der Waals surface area contributed by atoms with Gasteiger partial charge < -0.3 is 48.3 Å². The van der Waals surface area contributed by atoms with E-state index >= 15 is 0 Å². The number of carbonyl (C=O) groups excluding carboxylic acids is 3. The van der Waals surface area contributed by atoms with Crippen LogP contribution in [0.2, 0.25) is 0 Å². The Kier molecular flexibility index (Phi) is 25.3. The number of nitriles is 1. The number of aliphatic imine (C=N–C) groups is 1. The first-order chi connectivity index (χ1) is 33.6. The normalized spacial score (nSPS) is 24.0. The number of unbranched alkanes of at least 4 members (excludes halogenated alkanes) is 4. The fourth-order valence-corrected chi connectivity index (χ4v) is 10.3. The molecule has 1 aromatic carbocycles. The largest absolute Gasteiger partial charge is 0.456 e. The van der Waals surface area contributed by atoms with Gasteiger partial charge in [-0.05, 0) is 84.4 Å². The maximum Gasteiger partial charge on any atom is 0.351 e. The third kappa shape index (κ3) is 18.0. The summed E-state index contributed by atoms with van der Waals surface area (Å²) >= 11 is 0. The van der Waals surface area contributed by atoms with Gasteiger partial charge in [-0.25, -0.2) is 19.3 Å². The Hall–Kier alpha value is -4.38. The molecule has 0 aliphatic carbocycles. The summed E-state index contributed by atoms with van der Waals surface area (Å²) in [7, 11) is 1.96. The van der Waals surface area contributed by atoms with Crippen LogP contribution >= 0.6 is 8.53 Å². The molecule has 4 rings (SSSR count). The van der Waals surface area contributed by atoms with Crippen LogP contribution in [0.3, 0.4) is 0 Å². The van der Waals surface area contributed by atoms with Gasteiger partial charge in [-0.15, -0.1) is 0 Å². The molecule has 3 heterocycles. The number of rotatable bonds is 30. The van der Waals surface area contributed by atoms with Gasteiger partial charge in [0.25, 0.3) is 8.53 Å². The van der Waals surface area contributed by atoms with Crippen molar-refractivity contribution in [2.45, 2.75) is 181 Å². The zero-order chi connectivity index (χ0) is 51.2. The number of esters is 1. The molecule has 2 fully saturated rings. The first kappa shape index (κ1) is 58.2. The number of nitrogens with zero attached hydrogens (tertiary/aromatic N) is 6. The SMILES string of the molecule is CC[C@H]1O[C@@H](n2ccc(N=CN(C)C)nc2=O)[C@@H](OP(OCCC#N)N(C(C)C)C(C)C)C1OCCCCCCNC(=O)CCCCO[C@@H]1O[C@H](CC)[C@H](C)[C@H](OC(=O)c2ccccc2)[C@H]1NC(C)=O. The Balaban J connectivity index is 1.26. The van der Waals surface area contributed by atoms with Gasteiger partial charge >= 0.3 is 11.7 Å². The first-order valence-corrected chi connectivity index (χ1v) is 26.1. The standard InChI is InChI=1S/C50H79N8O11P/c1-11-39-36(7)44(68-48(61)38-23-16-15-17-24-38)43(54-37(8)59)49(67-39)64-31-21-18-25-42(60)52-28-19-13-14-20-30-63-45-40(12-2)66-47(57-29-26-41(55-50(57)62)53-33-56(9)10)46(45)69-70(65-32-22-27-51)58(34(3)4)35(5)6/h15-17,23-24,26,29,33-36,39-40,43-47,49H,11-14,18-22,25,28,30-32H2,1-10H3,(H,52,60)(H,54,59)/t36-,39+,40+,43+,44-,45?,46-,47+,49+,70?/m0/s1. The molecule has 0 spiro atoms. The second kappa shape index (κ2) is 30.5. The molecule has 2 N–H and O–H groups in total. The molecule has 2 saturated heterocycles. The predicted molar refractivity (Wildman–Crippen MR) is 267 cm³/mol. The van der Waals surface area contributed by atoms with Gasteiger partial charge in [0.1, 0.15) is 24.4 Å². The van der Waals surface area contributed by atoms with E-state index in [2.05, 4.69) is 59.0 Å². The Labute approximate surface area is 416 Å². The van der Waals surface area contributed by atoms with Crippen LogP contribution in [-0.2, 0) is 42.3 Å². The van der Waals surface area contributed by atoms with E-state index in [1.807, 2.05) is 40.9 Å². The number of hydrogen-bond acceptors (Lipinski definition) is 15. The van der Waals surface area contributed by atoms with E-state index in [0.717, 1.165) is 25.7 Å². The minimum Gasteiger partial charge on any atom is -0.456 e. The summed E-state index contributed by atoms with van der Waals surface area (Å²) < 4.78 is 48.3. The van der Waals surface area contributed by atoms with Gasteiger partial charge in [-0.2, -0.15) is 10.2 Å². The summed E-state index contributed by atoms with van der Waals surface area (Å²) in [6.07, 6.45) is 5.24. The molecule has 70 heavy (non-hydrogen) atoms. The zero-order valence-electron chi connectivity index (χ0n) is 43.0. The summed E-state index contributed by atoms with van der Waals surface area (Å²) in [5.74, 6) is -0.736. The van der Waals surface area contributed by atoms with Gasteiger partial charge in [-0.1, -0.05) is 51.8 Å². The average molecular weight is 999 g/mol. The van der Waals surface area contributed by atoms with Crippen molar-refractivity contribution in [3.63, 3.8) is 0 Å². The molecule has 0 bridgehead atoms. The molecule has 20 heteroatoms. The lowest BCUT2D eigenvalue weighted by Crippen LogP contribution is -2.62. The smallest absolute Gasteiger partial charge is 0.351 e. The molecule has 0 radical (unpaired) electrons. The van der Waals surface area contributed by atoms with E-state index in [-0.39, 0.29) is 60.9 Å². The van der Waals surface area contributed by atoms with E-state index in [9.17, 15) is 24.4 Å². The highest BCUT2D eigenvalue weighted by Crippen LogP contribution is 2.51. The van der Waals surface area contributed by atoms with Crippen LogP contribution in [0.4, 0.5) is 5.82 Å². The number of benzene rings is 1. The van der Waals surface area contributed by atoms with Crippen molar-refractivity contribution in [2.24, 2.45) is 10.9 Å². The summed E-state index contributed by atoms with van der Waals surface area (Å²) in [4.78, 5) is 61.9. The number of carbonyl (C=O) groups is 3. The molecule has 2 amide bonds. The van der Waals surface area contributed by atoms with E-state index < -0.39 is 57.1 Å². The van der Waals surface area contributed by atoms with Crippen molar-refractivity contribution in [1.29, 1.82) is 5.26 Å². The highest BCUT2D eigenvalue weighted by Gasteiger charge is 2.50. The van der Waals surface area contributed by atoms with Crippen molar-refractivity contribution < 1.29 is 47.1 Å². The summed E-state index contributed by atoms with van der Waals surface area (Å²) in [6.45, 7) is 17.1. The Bertz CT molecular complexity index is 2010. The molecule has 10 atom stereocenters. The fourth-order valence-electron chi connectivity index (χ4n) is 8.54. The van der Waals surface area contributed by atoms with Crippen LogP contribution in [0, 0.1) is 17.2 Å². The zero-order valence-corrected chi connectivity index (χ0v) is 43.9. The number of aromatic nitrogens is 2. The molecule has 2 aliphatic heterocycles. The molecule has 2 aromatic rings. The molecule has 390 valence electrons. The third-order valence-electron chi connectivity index (χ3n) is 11.9. The van der Waals surface area contributed by atoms with E-state index in [1.54, 1.807) is 47.8 Å². The highest BCUT2D eigenvalue weighted by molar-refractivity contribution is 7.44. The lowest BCUT2D eigenvalue weighted by atomic mass is 9.87. The number of ether oxygens (including phenoxy) is 5. The maximum atomic E-state index is 13.5. The van der Waals surface area contributed by atoms with Crippen LogP contribution in [0.15, 0.2) is 52.4 Å². The molecular formula is C50H79N8O11P. The highest BCUT2D eigenvalue weighted by atomic mass is 31.2. The second-order valence-electron chi connectivity index (χ2n) is 18.5. The van der Waals surface area contributed by atoms with Crippen molar-refractivity contribution >= 4 is 38.5 Å². The van der Waals surface area contributed by atoms with Gasteiger partial charge in [-0.3, -0.25) is 14.2 Å². The van der Waals surface area contributed by atoms with Gasteiger partial charge in [0, 0.05) is 71.4 Å². The lowest BCUT2D eigenvalue weighted by Gasteiger charge is -2.45. The van der Waals surface area contributed by atoms with Crippen LogP contribution < -0.4 is 16.3 Å². The molecule has 2 unspecified atom stereocenters. The van der Waals surface area contributed by atoms with E-state index in [1.165, 1.54) is 11.5 Å². The minimum atomic E-state index is -1.70. The van der Waals surface area contributed by atoms with Gasteiger partial charge in [0.05, 0.1) is 43.2 Å². The summed E-state index contributed by atoms with van der Waals surface area (Å²) in [5.41, 5.74) is -0.117. The monoisotopic (exact) mass is 999 g/mol. The van der Waals surface area contributed by atoms with E-state index in [0.29, 0.717) is 57.4 Å². The van der Waals surface area contributed by atoms with Crippen molar-refractivity contribution in [1.82, 2.24) is 29.8 Å².